The number of hydrogen-bond donors (Lipinski definition) is 1. The Hall–Kier alpha value is -0.0800. The van der Waals surface area contributed by atoms with Gasteiger partial charge >= 0.3 is 0 Å². The van der Waals surface area contributed by atoms with Gasteiger partial charge in [-0.05, 0) is 24.2 Å². The summed E-state index contributed by atoms with van der Waals surface area (Å²) in [6, 6.07) is 0. The fourth-order valence-corrected chi connectivity index (χ4v) is 1.58. The quantitative estimate of drug-likeness (QED) is 0.510. The normalized spacial score (nSPS) is 14.5. The lowest BCUT2D eigenvalue weighted by Crippen LogP contribution is -2.17. The molecular formula is C11H25NO. The lowest BCUT2D eigenvalue weighted by Gasteiger charge is -2.22. The van der Waals surface area contributed by atoms with Crippen LogP contribution in [0.1, 0.15) is 47.5 Å². The molecule has 0 saturated heterocycles. The van der Waals surface area contributed by atoms with Crippen molar-refractivity contribution in [1.29, 1.82) is 0 Å². The number of hydrogen-bond acceptors (Lipinski definition) is 2. The van der Waals surface area contributed by atoms with Gasteiger partial charge in [-0.3, -0.25) is 0 Å². The van der Waals surface area contributed by atoms with Crippen molar-refractivity contribution >= 4 is 0 Å². The third kappa shape index (κ3) is 9.84. The van der Waals surface area contributed by atoms with Crippen LogP contribution in [0.25, 0.3) is 0 Å². The van der Waals surface area contributed by atoms with E-state index in [-0.39, 0.29) is 0 Å². The van der Waals surface area contributed by atoms with Crippen LogP contribution in [0.15, 0.2) is 0 Å². The minimum Gasteiger partial charge on any atom is -0.302 e. The first-order valence-electron chi connectivity index (χ1n) is 5.30. The van der Waals surface area contributed by atoms with Gasteiger partial charge < -0.3 is 4.84 Å². The van der Waals surface area contributed by atoms with E-state index in [1.54, 1.807) is 0 Å². The second kappa shape index (κ2) is 6.39. The first-order valence-corrected chi connectivity index (χ1v) is 5.30. The van der Waals surface area contributed by atoms with E-state index in [9.17, 15) is 0 Å². The van der Waals surface area contributed by atoms with E-state index in [1.165, 1.54) is 6.42 Å². The van der Waals surface area contributed by atoms with Crippen LogP contribution >= 0.6 is 0 Å². The molecule has 1 unspecified atom stereocenters. The van der Waals surface area contributed by atoms with Crippen LogP contribution in [-0.2, 0) is 4.84 Å². The molecule has 0 aromatic carbocycles. The smallest absolute Gasteiger partial charge is 0.0684 e. The summed E-state index contributed by atoms with van der Waals surface area (Å²) < 4.78 is 0. The van der Waals surface area contributed by atoms with Crippen LogP contribution in [0.5, 0.6) is 0 Å². The molecule has 0 aliphatic rings. The minimum absolute atomic E-state index is 0.442. The maximum Gasteiger partial charge on any atom is 0.0684 e. The molecule has 0 aromatic rings. The highest BCUT2D eigenvalue weighted by Gasteiger charge is 2.14. The first-order chi connectivity index (χ1) is 5.95. The number of nitrogens with one attached hydrogen (secondary N) is 1. The summed E-state index contributed by atoms with van der Waals surface area (Å²) in [5.74, 6) is 0.749. The van der Waals surface area contributed by atoms with Crippen molar-refractivity contribution in [2.24, 2.45) is 11.3 Å². The highest BCUT2D eigenvalue weighted by atomic mass is 16.6. The largest absolute Gasteiger partial charge is 0.302 e. The summed E-state index contributed by atoms with van der Waals surface area (Å²) in [6.07, 6.45) is 2.41. The lowest BCUT2D eigenvalue weighted by atomic mass is 9.84. The third-order valence-electron chi connectivity index (χ3n) is 1.92. The van der Waals surface area contributed by atoms with E-state index in [1.807, 2.05) is 6.92 Å². The zero-order valence-electron chi connectivity index (χ0n) is 9.81. The minimum atomic E-state index is 0.442. The second-order valence-corrected chi connectivity index (χ2v) is 5.00. The molecule has 0 saturated carbocycles. The summed E-state index contributed by atoms with van der Waals surface area (Å²) in [5.41, 5.74) is 3.31. The second-order valence-electron chi connectivity index (χ2n) is 5.00. The molecule has 0 fully saturated rings. The molecule has 0 heterocycles. The molecule has 0 radical (unpaired) electrons. The Bertz CT molecular complexity index is 118. The fraction of sp³-hybridized carbons (Fsp3) is 1.00. The molecule has 0 amide bonds. The zero-order chi connectivity index (χ0) is 10.3. The molecule has 2 heteroatoms. The SMILES string of the molecule is CCNOCCC(C)CC(C)(C)C. The van der Waals surface area contributed by atoms with E-state index in [2.05, 4.69) is 33.2 Å². The molecule has 13 heavy (non-hydrogen) atoms. The Morgan fingerprint density at radius 1 is 1.31 bits per heavy atom. The highest BCUT2D eigenvalue weighted by molar-refractivity contribution is 4.65. The molecule has 0 rings (SSSR count). The Kier molecular flexibility index (Phi) is 6.35. The van der Waals surface area contributed by atoms with Crippen LogP contribution in [0.2, 0.25) is 0 Å². The molecular weight excluding hydrogens is 162 g/mol. The van der Waals surface area contributed by atoms with Crippen molar-refractivity contribution in [3.05, 3.63) is 0 Å². The summed E-state index contributed by atoms with van der Waals surface area (Å²) in [4.78, 5) is 5.22. The lowest BCUT2D eigenvalue weighted by molar-refractivity contribution is 0.0342. The number of hydroxylamine groups is 1. The standard InChI is InChI=1S/C11H25NO/c1-6-12-13-8-7-10(2)9-11(3,4)5/h10,12H,6-9H2,1-5H3. The maximum absolute atomic E-state index is 5.22. The van der Waals surface area contributed by atoms with Gasteiger partial charge in [-0.15, -0.1) is 0 Å². The Morgan fingerprint density at radius 2 is 1.92 bits per heavy atom. The van der Waals surface area contributed by atoms with E-state index in [4.69, 9.17) is 4.84 Å². The van der Waals surface area contributed by atoms with Gasteiger partial charge in [0.25, 0.3) is 0 Å². The predicted molar refractivity (Wildman–Crippen MR) is 57.5 cm³/mol. The average Bonchev–Trinajstić information content (AvgIpc) is 1.94. The molecule has 0 aliphatic carbocycles. The predicted octanol–water partition coefficient (Wildman–Crippen LogP) is 2.99. The molecule has 0 spiro atoms. The molecule has 2 nitrogen and oxygen atoms in total. The Labute approximate surface area is 83.0 Å². The topological polar surface area (TPSA) is 21.3 Å². The van der Waals surface area contributed by atoms with E-state index in [0.29, 0.717) is 5.41 Å². The van der Waals surface area contributed by atoms with Crippen LogP contribution in [0.4, 0.5) is 0 Å². The molecule has 0 aromatic heterocycles. The fourth-order valence-electron chi connectivity index (χ4n) is 1.58. The van der Waals surface area contributed by atoms with E-state index in [0.717, 1.165) is 25.5 Å². The summed E-state index contributed by atoms with van der Waals surface area (Å²) in [6.45, 7) is 12.9. The van der Waals surface area contributed by atoms with Crippen molar-refractivity contribution in [2.75, 3.05) is 13.2 Å². The first kappa shape index (κ1) is 12.9. The summed E-state index contributed by atoms with van der Waals surface area (Å²) in [7, 11) is 0. The van der Waals surface area contributed by atoms with E-state index < -0.39 is 0 Å². The summed E-state index contributed by atoms with van der Waals surface area (Å²) in [5, 5.41) is 0. The zero-order valence-corrected chi connectivity index (χ0v) is 9.81. The molecule has 1 atom stereocenters. The third-order valence-corrected chi connectivity index (χ3v) is 1.92. The highest BCUT2D eigenvalue weighted by Crippen LogP contribution is 2.25. The van der Waals surface area contributed by atoms with Crippen LogP contribution in [0, 0.1) is 11.3 Å². The van der Waals surface area contributed by atoms with Crippen molar-refractivity contribution in [1.82, 2.24) is 5.48 Å². The Morgan fingerprint density at radius 3 is 2.38 bits per heavy atom. The molecule has 1 N–H and O–H groups in total. The van der Waals surface area contributed by atoms with Gasteiger partial charge in [-0.1, -0.05) is 34.6 Å². The average molecular weight is 187 g/mol. The van der Waals surface area contributed by atoms with Gasteiger partial charge in [0.05, 0.1) is 6.61 Å². The van der Waals surface area contributed by atoms with Gasteiger partial charge in [0, 0.05) is 6.54 Å². The van der Waals surface area contributed by atoms with Crippen molar-refractivity contribution in [2.45, 2.75) is 47.5 Å². The maximum atomic E-state index is 5.22. The van der Waals surface area contributed by atoms with Gasteiger partial charge in [0.1, 0.15) is 0 Å². The van der Waals surface area contributed by atoms with Gasteiger partial charge in [0.15, 0.2) is 0 Å². The van der Waals surface area contributed by atoms with Crippen molar-refractivity contribution in [3.8, 4) is 0 Å². The monoisotopic (exact) mass is 187 g/mol. The molecule has 0 bridgehead atoms. The van der Waals surface area contributed by atoms with Gasteiger partial charge in [-0.25, -0.2) is 5.48 Å². The van der Waals surface area contributed by atoms with Crippen molar-refractivity contribution in [3.63, 3.8) is 0 Å². The van der Waals surface area contributed by atoms with Gasteiger partial charge in [0.2, 0.25) is 0 Å². The summed E-state index contributed by atoms with van der Waals surface area (Å²) >= 11 is 0. The van der Waals surface area contributed by atoms with Crippen LogP contribution in [-0.4, -0.2) is 13.2 Å². The van der Waals surface area contributed by atoms with Gasteiger partial charge in [-0.2, -0.15) is 0 Å². The Balaban J connectivity index is 3.35. The molecule has 0 aliphatic heterocycles. The molecule has 80 valence electrons. The number of rotatable bonds is 6. The van der Waals surface area contributed by atoms with Crippen LogP contribution in [0.3, 0.4) is 0 Å². The van der Waals surface area contributed by atoms with Crippen LogP contribution < -0.4 is 5.48 Å². The van der Waals surface area contributed by atoms with Crippen molar-refractivity contribution < 1.29 is 4.84 Å². The van der Waals surface area contributed by atoms with E-state index >= 15 is 0 Å².